The van der Waals surface area contributed by atoms with Gasteiger partial charge in [0.2, 0.25) is 0 Å². The van der Waals surface area contributed by atoms with Gasteiger partial charge in [-0.25, -0.2) is 5.43 Å². The first-order valence-corrected chi connectivity index (χ1v) is 11.3. The number of carbonyl (C=O) groups is 1. The first kappa shape index (κ1) is 24.1. The summed E-state index contributed by atoms with van der Waals surface area (Å²) in [5.74, 6) is 0.214. The highest BCUT2D eigenvalue weighted by atomic mass is 32.2. The number of thioether (sulfide) groups is 1. The summed E-state index contributed by atoms with van der Waals surface area (Å²) in [6.07, 6.45) is 0.202. The van der Waals surface area contributed by atoms with Crippen LogP contribution in [-0.2, 0) is 11.0 Å². The topological polar surface area (TPSA) is 85.1 Å². The minimum absolute atomic E-state index is 0.00465. The molecule has 0 unspecified atom stereocenters. The minimum atomic E-state index is -4.41. The molecule has 1 N–H and O–H groups in total. The van der Waals surface area contributed by atoms with E-state index in [-0.39, 0.29) is 5.75 Å². The van der Waals surface area contributed by atoms with Crippen molar-refractivity contribution >= 4 is 23.9 Å². The standard InChI is InChI=1S/C24H19F3N6OS/c1-16-2-8-20(9-3-16)33-22(18-10-12-28-13-11-18)31-32-23(33)35-15-21(34)30-29-14-17-4-6-19(7-5-17)24(25,26)27/h2-14H,15H2,1H3,(H,30,34)/b29-14-. The molecule has 178 valence electrons. The van der Waals surface area contributed by atoms with Crippen molar-refractivity contribution in [2.75, 3.05) is 5.75 Å². The number of nitrogens with zero attached hydrogens (tertiary/aromatic N) is 5. The molecule has 7 nitrogen and oxygen atoms in total. The van der Waals surface area contributed by atoms with E-state index in [9.17, 15) is 18.0 Å². The second kappa shape index (κ2) is 10.5. The molecular formula is C24H19F3N6OS. The zero-order valence-electron chi connectivity index (χ0n) is 18.4. The largest absolute Gasteiger partial charge is 0.416 e. The van der Waals surface area contributed by atoms with Crippen molar-refractivity contribution in [1.29, 1.82) is 0 Å². The third kappa shape index (κ3) is 6.12. The van der Waals surface area contributed by atoms with Crippen LogP contribution in [0.15, 0.2) is 83.3 Å². The molecule has 4 rings (SSSR count). The summed E-state index contributed by atoms with van der Waals surface area (Å²) in [5, 5.41) is 12.9. The Kier molecular flexibility index (Phi) is 7.25. The number of carbonyl (C=O) groups excluding carboxylic acids is 1. The Hall–Kier alpha value is -3.99. The van der Waals surface area contributed by atoms with E-state index in [0.29, 0.717) is 16.5 Å². The highest BCUT2D eigenvalue weighted by Gasteiger charge is 2.29. The summed E-state index contributed by atoms with van der Waals surface area (Å²) in [6.45, 7) is 1.99. The Morgan fingerprint density at radius 2 is 1.71 bits per heavy atom. The molecule has 2 aromatic heterocycles. The number of pyridine rings is 1. The van der Waals surface area contributed by atoms with Gasteiger partial charge in [-0.2, -0.15) is 18.3 Å². The highest BCUT2D eigenvalue weighted by Crippen LogP contribution is 2.29. The fourth-order valence-corrected chi connectivity index (χ4v) is 3.82. The maximum Gasteiger partial charge on any atom is 0.416 e. The lowest BCUT2D eigenvalue weighted by Crippen LogP contribution is -2.20. The van der Waals surface area contributed by atoms with Crippen molar-refractivity contribution in [2.45, 2.75) is 18.3 Å². The number of benzene rings is 2. The van der Waals surface area contributed by atoms with Gasteiger partial charge in [-0.15, -0.1) is 10.2 Å². The molecule has 0 saturated carbocycles. The van der Waals surface area contributed by atoms with E-state index in [1.165, 1.54) is 30.1 Å². The molecule has 11 heteroatoms. The van der Waals surface area contributed by atoms with Crippen LogP contribution in [0.2, 0.25) is 0 Å². The van der Waals surface area contributed by atoms with E-state index in [0.717, 1.165) is 28.9 Å². The Balaban J connectivity index is 1.44. The number of rotatable bonds is 7. The number of hydrogen-bond donors (Lipinski definition) is 1. The lowest BCUT2D eigenvalue weighted by Gasteiger charge is -2.10. The second-order valence-corrected chi connectivity index (χ2v) is 8.36. The SMILES string of the molecule is Cc1ccc(-n2c(SCC(=O)N/N=C\c3ccc(C(F)(F)F)cc3)nnc2-c2ccncc2)cc1. The number of aryl methyl sites for hydroxylation is 1. The van der Waals surface area contributed by atoms with E-state index in [2.05, 4.69) is 25.7 Å². The summed E-state index contributed by atoms with van der Waals surface area (Å²) >= 11 is 1.18. The van der Waals surface area contributed by atoms with Crippen LogP contribution < -0.4 is 5.43 Å². The molecule has 2 aromatic carbocycles. The molecule has 0 radical (unpaired) electrons. The lowest BCUT2D eigenvalue weighted by atomic mass is 10.1. The number of nitrogens with one attached hydrogen (secondary N) is 1. The third-order valence-corrected chi connectivity index (χ3v) is 5.77. The molecule has 0 bridgehead atoms. The summed E-state index contributed by atoms with van der Waals surface area (Å²) in [7, 11) is 0. The van der Waals surface area contributed by atoms with Gasteiger partial charge in [-0.3, -0.25) is 14.3 Å². The van der Waals surface area contributed by atoms with Crippen molar-refractivity contribution in [3.63, 3.8) is 0 Å². The molecule has 1 amide bonds. The Morgan fingerprint density at radius 1 is 1.03 bits per heavy atom. The fraction of sp³-hybridized carbons (Fsp3) is 0.125. The van der Waals surface area contributed by atoms with Gasteiger partial charge in [-0.1, -0.05) is 41.6 Å². The number of amides is 1. The van der Waals surface area contributed by atoms with E-state index in [4.69, 9.17) is 0 Å². The maximum absolute atomic E-state index is 12.6. The van der Waals surface area contributed by atoms with E-state index in [1.54, 1.807) is 12.4 Å². The Labute approximate surface area is 203 Å². The van der Waals surface area contributed by atoms with Gasteiger partial charge in [0.1, 0.15) is 0 Å². The van der Waals surface area contributed by atoms with Crippen LogP contribution in [0.4, 0.5) is 13.2 Å². The lowest BCUT2D eigenvalue weighted by molar-refractivity contribution is -0.137. The molecule has 35 heavy (non-hydrogen) atoms. The van der Waals surface area contributed by atoms with Gasteiger partial charge in [0.15, 0.2) is 11.0 Å². The molecule has 0 aliphatic heterocycles. The quantitative estimate of drug-likeness (QED) is 0.224. The van der Waals surface area contributed by atoms with E-state index < -0.39 is 17.6 Å². The zero-order chi connectivity index (χ0) is 24.8. The molecule has 0 spiro atoms. The van der Waals surface area contributed by atoms with Crippen molar-refractivity contribution in [1.82, 2.24) is 25.2 Å². The van der Waals surface area contributed by atoms with Crippen molar-refractivity contribution in [3.8, 4) is 17.1 Å². The van der Waals surface area contributed by atoms with Crippen LogP contribution in [0.3, 0.4) is 0 Å². The maximum atomic E-state index is 12.6. The molecule has 0 aliphatic carbocycles. The van der Waals surface area contributed by atoms with Gasteiger partial charge in [0.05, 0.1) is 17.5 Å². The molecule has 0 aliphatic rings. The summed E-state index contributed by atoms with van der Waals surface area (Å²) in [6, 6.07) is 16.0. The van der Waals surface area contributed by atoms with Gasteiger partial charge in [0.25, 0.3) is 5.91 Å². The molecular weight excluding hydrogens is 477 g/mol. The smallest absolute Gasteiger partial charge is 0.272 e. The van der Waals surface area contributed by atoms with Crippen LogP contribution in [0, 0.1) is 6.92 Å². The van der Waals surface area contributed by atoms with Crippen LogP contribution in [0.25, 0.3) is 17.1 Å². The molecule has 0 atom stereocenters. The van der Waals surface area contributed by atoms with Crippen molar-refractivity contribution in [3.05, 3.63) is 89.7 Å². The normalized spacial score (nSPS) is 11.7. The Morgan fingerprint density at radius 3 is 2.37 bits per heavy atom. The van der Waals surface area contributed by atoms with E-state index >= 15 is 0 Å². The number of halogens is 3. The number of hydrogen-bond acceptors (Lipinski definition) is 6. The monoisotopic (exact) mass is 496 g/mol. The van der Waals surface area contributed by atoms with Crippen LogP contribution in [0.1, 0.15) is 16.7 Å². The highest BCUT2D eigenvalue weighted by molar-refractivity contribution is 7.99. The zero-order valence-corrected chi connectivity index (χ0v) is 19.2. The second-order valence-electron chi connectivity index (χ2n) is 7.41. The van der Waals surface area contributed by atoms with Gasteiger partial charge in [0, 0.05) is 23.6 Å². The van der Waals surface area contributed by atoms with Gasteiger partial charge in [-0.05, 0) is 48.9 Å². The number of alkyl halides is 3. The van der Waals surface area contributed by atoms with Gasteiger partial charge < -0.3 is 0 Å². The van der Waals surface area contributed by atoms with Crippen molar-refractivity contribution < 1.29 is 18.0 Å². The predicted molar refractivity (Wildman–Crippen MR) is 127 cm³/mol. The number of aromatic nitrogens is 4. The van der Waals surface area contributed by atoms with Crippen LogP contribution in [0.5, 0.6) is 0 Å². The Bertz CT molecular complexity index is 1320. The summed E-state index contributed by atoms with van der Waals surface area (Å²) in [5.41, 5.74) is 4.82. The summed E-state index contributed by atoms with van der Waals surface area (Å²) in [4.78, 5) is 16.3. The van der Waals surface area contributed by atoms with Crippen LogP contribution >= 0.6 is 11.8 Å². The third-order valence-electron chi connectivity index (χ3n) is 4.84. The predicted octanol–water partition coefficient (Wildman–Crippen LogP) is 4.90. The molecule has 0 saturated heterocycles. The van der Waals surface area contributed by atoms with E-state index in [1.807, 2.05) is 47.9 Å². The van der Waals surface area contributed by atoms with Gasteiger partial charge >= 0.3 is 6.18 Å². The average Bonchev–Trinajstić information content (AvgIpc) is 3.27. The van der Waals surface area contributed by atoms with Crippen molar-refractivity contribution in [2.24, 2.45) is 5.10 Å². The molecule has 2 heterocycles. The summed E-state index contributed by atoms with van der Waals surface area (Å²) < 4.78 is 39.8. The first-order valence-electron chi connectivity index (χ1n) is 10.4. The molecule has 4 aromatic rings. The van der Waals surface area contributed by atoms with Crippen LogP contribution in [-0.4, -0.2) is 37.6 Å². The number of hydrazone groups is 1. The fourth-order valence-electron chi connectivity index (χ4n) is 3.08. The first-order chi connectivity index (χ1) is 16.8. The minimum Gasteiger partial charge on any atom is -0.272 e. The average molecular weight is 497 g/mol. The molecule has 0 fully saturated rings.